The molecule has 3 heterocycles. The summed E-state index contributed by atoms with van der Waals surface area (Å²) in [4.78, 5) is 5.57. The Bertz CT molecular complexity index is 1020. The van der Waals surface area contributed by atoms with E-state index in [4.69, 9.17) is 4.52 Å². The van der Waals surface area contributed by atoms with Gasteiger partial charge in [0.2, 0.25) is 0 Å². The number of rotatable bonds is 5. The second-order valence-corrected chi connectivity index (χ2v) is 7.30. The maximum Gasteiger partial charge on any atom is 0.257 e. The molecular formula is C18H17N5OS2. The van der Waals surface area contributed by atoms with Crippen LogP contribution in [0.25, 0.3) is 22.2 Å². The lowest BCUT2D eigenvalue weighted by molar-refractivity contribution is 0.423. The van der Waals surface area contributed by atoms with E-state index in [9.17, 15) is 0 Å². The fraction of sp³-hybridized carbons (Fsp3) is 0.222. The monoisotopic (exact) mass is 383 g/mol. The first-order chi connectivity index (χ1) is 12.7. The van der Waals surface area contributed by atoms with Crippen molar-refractivity contribution in [3.63, 3.8) is 0 Å². The van der Waals surface area contributed by atoms with E-state index in [-0.39, 0.29) is 0 Å². The third-order valence-electron chi connectivity index (χ3n) is 4.16. The maximum atomic E-state index is 5.45. The molecule has 3 aromatic heterocycles. The average Bonchev–Trinajstić information content (AvgIpc) is 3.41. The van der Waals surface area contributed by atoms with Gasteiger partial charge in [-0.1, -0.05) is 30.3 Å². The lowest BCUT2D eigenvalue weighted by atomic mass is 10.1. The minimum atomic E-state index is -0.423. The van der Waals surface area contributed by atoms with Gasteiger partial charge in [-0.25, -0.2) is 0 Å². The maximum absolute atomic E-state index is 5.45. The molecule has 0 aliphatic heterocycles. The van der Waals surface area contributed by atoms with Crippen molar-refractivity contribution in [1.82, 2.24) is 24.9 Å². The van der Waals surface area contributed by atoms with Crippen LogP contribution in [-0.4, -0.2) is 24.9 Å². The van der Waals surface area contributed by atoms with Crippen LogP contribution in [0, 0.1) is 0 Å². The zero-order valence-electron chi connectivity index (χ0n) is 14.3. The summed E-state index contributed by atoms with van der Waals surface area (Å²) in [5.74, 6) is 2.42. The van der Waals surface area contributed by atoms with Crippen LogP contribution in [-0.2, 0) is 13.5 Å². The summed E-state index contributed by atoms with van der Waals surface area (Å²) in [6, 6.07) is 12.1. The van der Waals surface area contributed by atoms with Crippen molar-refractivity contribution in [2.24, 2.45) is 7.05 Å². The predicted molar refractivity (Wildman–Crippen MR) is 104 cm³/mol. The molecule has 0 aliphatic rings. The molecule has 26 heavy (non-hydrogen) atoms. The van der Waals surface area contributed by atoms with Crippen LogP contribution in [0.1, 0.15) is 29.4 Å². The number of thiol groups is 1. The fourth-order valence-electron chi connectivity index (χ4n) is 2.70. The zero-order valence-corrected chi connectivity index (χ0v) is 16.0. The topological polar surface area (TPSA) is 69.6 Å². The minimum absolute atomic E-state index is 0.423. The van der Waals surface area contributed by atoms with Gasteiger partial charge in [0.25, 0.3) is 5.89 Å². The highest BCUT2D eigenvalue weighted by Gasteiger charge is 2.24. The van der Waals surface area contributed by atoms with Crippen LogP contribution in [0.2, 0.25) is 0 Å². The first kappa shape index (κ1) is 17.0. The van der Waals surface area contributed by atoms with E-state index in [0.29, 0.717) is 17.5 Å². The summed E-state index contributed by atoms with van der Waals surface area (Å²) in [6.07, 6.45) is 0.953. The number of aryl methyl sites for hydroxylation is 1. The molecule has 1 aromatic carbocycles. The quantitative estimate of drug-likeness (QED) is 0.524. The van der Waals surface area contributed by atoms with E-state index in [0.717, 1.165) is 22.7 Å². The highest BCUT2D eigenvalue weighted by molar-refractivity contribution is 7.80. The minimum Gasteiger partial charge on any atom is -0.334 e. The van der Waals surface area contributed by atoms with Gasteiger partial charge in [0, 0.05) is 12.6 Å². The third kappa shape index (κ3) is 3.06. The van der Waals surface area contributed by atoms with Crippen molar-refractivity contribution in [2.75, 3.05) is 0 Å². The standard InChI is InChI=1S/C18H17N5OS2/c1-3-11-6-4-7-12(10-11)18-19-15(22-24-18)14(25)17-21-20-16(23(17)2)13-8-5-9-26-13/h4-10,14,25H,3H2,1-2H3. The molecule has 0 fully saturated rings. The van der Waals surface area contributed by atoms with Crippen molar-refractivity contribution in [3.05, 3.63) is 59.0 Å². The molecule has 1 atom stereocenters. The average molecular weight is 384 g/mol. The molecule has 0 N–H and O–H groups in total. The van der Waals surface area contributed by atoms with E-state index in [1.54, 1.807) is 11.3 Å². The molecule has 0 amide bonds. The van der Waals surface area contributed by atoms with Crippen LogP contribution < -0.4 is 0 Å². The van der Waals surface area contributed by atoms with Gasteiger partial charge in [-0.05, 0) is 35.6 Å². The Hall–Kier alpha value is -2.45. The van der Waals surface area contributed by atoms with Crippen LogP contribution in [0.4, 0.5) is 0 Å². The predicted octanol–water partition coefficient (Wildman–Crippen LogP) is 4.18. The SMILES string of the molecule is CCc1cccc(-c2nc(C(S)c3nnc(-c4cccs4)n3C)no2)c1. The van der Waals surface area contributed by atoms with Gasteiger partial charge >= 0.3 is 0 Å². The largest absolute Gasteiger partial charge is 0.334 e. The first-order valence-corrected chi connectivity index (χ1v) is 9.61. The Kier molecular flexibility index (Phi) is 4.60. The molecule has 4 aromatic rings. The molecule has 0 radical (unpaired) electrons. The number of thiophene rings is 1. The van der Waals surface area contributed by atoms with Crippen LogP contribution in [0.15, 0.2) is 46.3 Å². The third-order valence-corrected chi connectivity index (χ3v) is 5.49. The van der Waals surface area contributed by atoms with E-state index < -0.39 is 5.25 Å². The van der Waals surface area contributed by atoms with Gasteiger partial charge in [0.05, 0.1) is 4.88 Å². The molecule has 0 spiro atoms. The summed E-state index contributed by atoms with van der Waals surface area (Å²) in [6.45, 7) is 2.11. The van der Waals surface area contributed by atoms with Crippen molar-refractivity contribution < 1.29 is 4.52 Å². The van der Waals surface area contributed by atoms with Gasteiger partial charge in [-0.2, -0.15) is 17.6 Å². The van der Waals surface area contributed by atoms with Crippen molar-refractivity contribution in [1.29, 1.82) is 0 Å². The van der Waals surface area contributed by atoms with E-state index in [2.05, 4.69) is 52.0 Å². The first-order valence-electron chi connectivity index (χ1n) is 8.21. The molecule has 0 saturated carbocycles. The Morgan fingerprint density at radius 3 is 2.88 bits per heavy atom. The molecule has 6 nitrogen and oxygen atoms in total. The molecule has 132 valence electrons. The smallest absolute Gasteiger partial charge is 0.257 e. The van der Waals surface area contributed by atoms with Gasteiger partial charge in [-0.15, -0.1) is 21.5 Å². The van der Waals surface area contributed by atoms with E-state index in [1.807, 2.05) is 41.3 Å². The molecule has 0 bridgehead atoms. The fourth-order valence-corrected chi connectivity index (χ4v) is 3.78. The normalized spacial score (nSPS) is 12.4. The van der Waals surface area contributed by atoms with Crippen LogP contribution in [0.5, 0.6) is 0 Å². The Labute approximate surface area is 160 Å². The zero-order chi connectivity index (χ0) is 18.1. The van der Waals surface area contributed by atoms with E-state index in [1.165, 1.54) is 5.56 Å². The lowest BCUT2D eigenvalue weighted by Gasteiger charge is -2.06. The summed E-state index contributed by atoms with van der Waals surface area (Å²) >= 11 is 6.27. The summed E-state index contributed by atoms with van der Waals surface area (Å²) < 4.78 is 7.36. The molecule has 0 aliphatic carbocycles. The van der Waals surface area contributed by atoms with Gasteiger partial charge in [0.1, 0.15) is 5.25 Å². The second kappa shape index (κ2) is 7.05. The Balaban J connectivity index is 1.64. The Morgan fingerprint density at radius 1 is 1.23 bits per heavy atom. The van der Waals surface area contributed by atoms with Gasteiger partial charge in [-0.3, -0.25) is 0 Å². The highest BCUT2D eigenvalue weighted by atomic mass is 32.1. The summed E-state index contributed by atoms with van der Waals surface area (Å²) in [5, 5.41) is 14.2. The highest BCUT2D eigenvalue weighted by Crippen LogP contribution is 2.30. The molecule has 1 unspecified atom stereocenters. The number of benzene rings is 1. The van der Waals surface area contributed by atoms with Gasteiger partial charge < -0.3 is 9.09 Å². The Morgan fingerprint density at radius 2 is 2.12 bits per heavy atom. The number of hydrogen-bond acceptors (Lipinski definition) is 7. The van der Waals surface area contributed by atoms with E-state index >= 15 is 0 Å². The van der Waals surface area contributed by atoms with Crippen LogP contribution in [0.3, 0.4) is 0 Å². The van der Waals surface area contributed by atoms with Crippen molar-refractivity contribution >= 4 is 24.0 Å². The summed E-state index contributed by atoms with van der Waals surface area (Å²) in [5.41, 5.74) is 2.12. The second-order valence-electron chi connectivity index (χ2n) is 5.83. The van der Waals surface area contributed by atoms with Crippen molar-refractivity contribution in [2.45, 2.75) is 18.6 Å². The number of hydrogen-bond donors (Lipinski definition) is 1. The lowest BCUT2D eigenvalue weighted by Crippen LogP contribution is -2.05. The summed E-state index contributed by atoms with van der Waals surface area (Å²) in [7, 11) is 1.92. The molecule has 8 heteroatoms. The number of aromatic nitrogens is 5. The van der Waals surface area contributed by atoms with Crippen molar-refractivity contribution in [3.8, 4) is 22.2 Å². The molecular weight excluding hydrogens is 366 g/mol. The van der Waals surface area contributed by atoms with Crippen LogP contribution >= 0.6 is 24.0 Å². The molecule has 4 rings (SSSR count). The number of nitrogens with zero attached hydrogens (tertiary/aromatic N) is 5. The van der Waals surface area contributed by atoms with Gasteiger partial charge in [0.15, 0.2) is 17.5 Å². The molecule has 0 saturated heterocycles.